The Bertz CT molecular complexity index is 1750. The number of hydrogen-bond acceptors (Lipinski definition) is 6. The second kappa shape index (κ2) is 11.4. The average Bonchev–Trinajstić information content (AvgIpc) is 3.28. The molecule has 222 valence electrons. The summed E-state index contributed by atoms with van der Waals surface area (Å²) in [6.07, 6.45) is 4.83. The van der Waals surface area contributed by atoms with E-state index in [1.165, 1.54) is 25.8 Å². The minimum absolute atomic E-state index is 0.129. The maximum Gasteiger partial charge on any atom is 0.332 e. The fourth-order valence-corrected chi connectivity index (χ4v) is 5.89. The first-order valence-corrected chi connectivity index (χ1v) is 14.1. The number of aryl methyl sites for hydroxylation is 2. The van der Waals surface area contributed by atoms with Crippen molar-refractivity contribution in [2.45, 2.75) is 19.4 Å². The standard InChI is InChI=1S/C31H35ClFN5O4/c1-31(2,19-42-5)37-11-9-36(10-12-37)27-15-21(18-35(4)29(27)40)24-17-22(33)16-23(28(24)39)20-6-7-26(25(32)14-20)38-13-8-34(3)30(38)41/h6-8,13-18,39H,9-12,19H2,1-5H3. The third-order valence-corrected chi connectivity index (χ3v) is 8.29. The molecule has 9 nitrogen and oxygen atoms in total. The van der Waals surface area contributed by atoms with E-state index in [-0.39, 0.29) is 38.7 Å². The van der Waals surface area contributed by atoms with Gasteiger partial charge in [-0.1, -0.05) is 17.7 Å². The van der Waals surface area contributed by atoms with Crippen molar-refractivity contribution >= 4 is 17.3 Å². The van der Waals surface area contributed by atoms with Crippen LogP contribution in [0.2, 0.25) is 5.02 Å². The molecule has 0 saturated carbocycles. The summed E-state index contributed by atoms with van der Waals surface area (Å²) in [5, 5.41) is 11.7. The van der Waals surface area contributed by atoms with E-state index < -0.39 is 5.82 Å². The molecule has 0 radical (unpaired) electrons. The molecule has 2 aromatic carbocycles. The molecule has 0 spiro atoms. The molecule has 3 heterocycles. The molecule has 0 amide bonds. The van der Waals surface area contributed by atoms with Crippen LogP contribution in [0.25, 0.3) is 27.9 Å². The Morgan fingerprint density at radius 1 is 0.929 bits per heavy atom. The predicted octanol–water partition coefficient (Wildman–Crippen LogP) is 4.25. The van der Waals surface area contributed by atoms with Gasteiger partial charge in [0.1, 0.15) is 17.3 Å². The van der Waals surface area contributed by atoms with Crippen LogP contribution in [0.15, 0.2) is 64.6 Å². The van der Waals surface area contributed by atoms with E-state index in [4.69, 9.17) is 16.3 Å². The van der Waals surface area contributed by atoms with Crippen LogP contribution in [0.1, 0.15) is 13.8 Å². The number of nitrogens with zero attached hydrogens (tertiary/aromatic N) is 5. The van der Waals surface area contributed by atoms with Gasteiger partial charge in [-0.3, -0.25) is 14.3 Å². The van der Waals surface area contributed by atoms with Crippen LogP contribution in [0.3, 0.4) is 0 Å². The van der Waals surface area contributed by atoms with E-state index in [1.807, 2.05) is 4.90 Å². The van der Waals surface area contributed by atoms with E-state index in [2.05, 4.69) is 18.7 Å². The van der Waals surface area contributed by atoms with Gasteiger partial charge in [-0.25, -0.2) is 9.18 Å². The van der Waals surface area contributed by atoms with Crippen LogP contribution in [-0.2, 0) is 18.8 Å². The molecule has 2 aromatic heterocycles. The second-order valence-electron chi connectivity index (χ2n) is 11.3. The second-order valence-corrected chi connectivity index (χ2v) is 11.7. The van der Waals surface area contributed by atoms with Gasteiger partial charge in [-0.15, -0.1) is 0 Å². The number of methoxy groups -OCH3 is 1. The SMILES string of the molecule is COCC(C)(C)N1CCN(c2cc(-c3cc(F)cc(-c4ccc(-n5ccn(C)c5=O)c(Cl)c4)c3O)cn(C)c2=O)CC1. The summed E-state index contributed by atoms with van der Waals surface area (Å²) < 4.78 is 24.7. The molecule has 1 aliphatic rings. The van der Waals surface area contributed by atoms with Crippen LogP contribution in [0.4, 0.5) is 10.1 Å². The molecule has 1 fully saturated rings. The van der Waals surface area contributed by atoms with Crippen LogP contribution in [0, 0.1) is 5.82 Å². The lowest BCUT2D eigenvalue weighted by atomic mass is 9.97. The zero-order chi connectivity index (χ0) is 30.3. The molecule has 0 bridgehead atoms. The molecule has 1 N–H and O–H groups in total. The van der Waals surface area contributed by atoms with E-state index in [0.717, 1.165) is 13.1 Å². The molecule has 5 rings (SSSR count). The van der Waals surface area contributed by atoms with E-state index in [9.17, 15) is 14.7 Å². The lowest BCUT2D eigenvalue weighted by molar-refractivity contribution is 0.0301. The molecular formula is C31H35ClFN5O4. The average molecular weight is 596 g/mol. The smallest absolute Gasteiger partial charge is 0.332 e. The highest BCUT2D eigenvalue weighted by molar-refractivity contribution is 6.32. The number of ether oxygens (including phenoxy) is 1. The minimum Gasteiger partial charge on any atom is -0.507 e. The summed E-state index contributed by atoms with van der Waals surface area (Å²) in [5.41, 5.74) is 1.88. The van der Waals surface area contributed by atoms with E-state index >= 15 is 4.39 Å². The summed E-state index contributed by atoms with van der Waals surface area (Å²) in [6, 6.07) is 9.13. The Hall–Kier alpha value is -3.86. The van der Waals surface area contributed by atoms with Gasteiger partial charge in [0, 0.05) is 88.2 Å². The lowest BCUT2D eigenvalue weighted by Gasteiger charge is -2.44. The zero-order valence-electron chi connectivity index (χ0n) is 24.4. The number of phenols is 1. The third-order valence-electron chi connectivity index (χ3n) is 7.99. The number of anilines is 1. The normalized spacial score (nSPS) is 14.5. The Morgan fingerprint density at radius 3 is 2.19 bits per heavy atom. The van der Waals surface area contributed by atoms with E-state index in [1.54, 1.807) is 64.1 Å². The number of piperazine rings is 1. The molecule has 42 heavy (non-hydrogen) atoms. The molecule has 1 saturated heterocycles. The zero-order valence-corrected chi connectivity index (χ0v) is 25.2. The summed E-state index contributed by atoms with van der Waals surface area (Å²) in [6.45, 7) is 7.67. The first kappa shape index (κ1) is 29.6. The van der Waals surface area contributed by atoms with Gasteiger partial charge in [-0.05, 0) is 49.7 Å². The van der Waals surface area contributed by atoms with E-state index in [0.29, 0.717) is 42.2 Å². The molecule has 4 aromatic rings. The fraction of sp³-hybridized carbons (Fsp3) is 0.355. The van der Waals surface area contributed by atoms with Gasteiger partial charge < -0.3 is 23.9 Å². The van der Waals surface area contributed by atoms with Gasteiger partial charge in [0.25, 0.3) is 5.56 Å². The van der Waals surface area contributed by atoms with Crippen LogP contribution < -0.4 is 16.1 Å². The number of hydrogen-bond donors (Lipinski definition) is 1. The summed E-state index contributed by atoms with van der Waals surface area (Å²) in [4.78, 5) is 30.0. The fourth-order valence-electron chi connectivity index (χ4n) is 5.62. The van der Waals surface area contributed by atoms with Gasteiger partial charge in [0.2, 0.25) is 0 Å². The van der Waals surface area contributed by atoms with Crippen molar-refractivity contribution in [1.82, 2.24) is 18.6 Å². The first-order chi connectivity index (χ1) is 19.9. The minimum atomic E-state index is -0.554. The quantitative estimate of drug-likeness (QED) is 0.344. The van der Waals surface area contributed by atoms with Crippen molar-refractivity contribution in [3.63, 3.8) is 0 Å². The van der Waals surface area contributed by atoms with Crippen molar-refractivity contribution in [2.24, 2.45) is 14.1 Å². The van der Waals surface area contributed by atoms with Gasteiger partial charge in [0.05, 0.1) is 17.3 Å². The molecule has 0 atom stereocenters. The number of aromatic hydroxyl groups is 1. The predicted molar refractivity (Wildman–Crippen MR) is 163 cm³/mol. The topological polar surface area (TPSA) is 84.9 Å². The Kier molecular flexibility index (Phi) is 8.06. The van der Waals surface area contributed by atoms with Crippen LogP contribution in [-0.4, -0.2) is 69.1 Å². The number of aromatic nitrogens is 3. The number of imidazole rings is 1. The van der Waals surface area contributed by atoms with Gasteiger partial charge in [-0.2, -0.15) is 0 Å². The van der Waals surface area contributed by atoms with Crippen LogP contribution in [0.5, 0.6) is 5.75 Å². The summed E-state index contributed by atoms with van der Waals surface area (Å²) >= 11 is 6.55. The summed E-state index contributed by atoms with van der Waals surface area (Å²) in [7, 11) is 4.98. The molecule has 0 aliphatic carbocycles. The Balaban J connectivity index is 1.50. The Morgan fingerprint density at radius 2 is 1.60 bits per heavy atom. The van der Waals surface area contributed by atoms with Crippen molar-refractivity contribution in [1.29, 1.82) is 0 Å². The highest BCUT2D eigenvalue weighted by atomic mass is 35.5. The van der Waals surface area contributed by atoms with Gasteiger partial charge in [0.15, 0.2) is 0 Å². The number of halogens is 2. The number of phenolic OH excluding ortho intramolecular Hbond substituents is 1. The maximum absolute atomic E-state index is 15.0. The highest BCUT2D eigenvalue weighted by Gasteiger charge is 2.31. The molecular weight excluding hydrogens is 561 g/mol. The van der Waals surface area contributed by atoms with Crippen molar-refractivity contribution in [3.8, 4) is 33.7 Å². The molecule has 1 aliphatic heterocycles. The monoisotopic (exact) mass is 595 g/mol. The van der Waals surface area contributed by atoms with Crippen molar-refractivity contribution in [3.05, 3.63) is 86.7 Å². The number of pyridine rings is 1. The molecule has 0 unspecified atom stereocenters. The lowest BCUT2D eigenvalue weighted by Crippen LogP contribution is -2.57. The highest BCUT2D eigenvalue weighted by Crippen LogP contribution is 2.40. The molecule has 11 heteroatoms. The Labute approximate surface area is 248 Å². The van der Waals surface area contributed by atoms with Gasteiger partial charge >= 0.3 is 5.69 Å². The first-order valence-electron chi connectivity index (χ1n) is 13.7. The van der Waals surface area contributed by atoms with Crippen molar-refractivity contribution < 1.29 is 14.2 Å². The summed E-state index contributed by atoms with van der Waals surface area (Å²) in [5.74, 6) is -0.700. The largest absolute Gasteiger partial charge is 0.507 e. The number of rotatable bonds is 7. The number of benzene rings is 2. The maximum atomic E-state index is 15.0. The third kappa shape index (κ3) is 5.49. The van der Waals surface area contributed by atoms with Crippen molar-refractivity contribution in [2.75, 3.05) is 44.8 Å². The van der Waals surface area contributed by atoms with Crippen LogP contribution >= 0.6 is 11.6 Å².